The van der Waals surface area contributed by atoms with Gasteiger partial charge in [0.1, 0.15) is 18.2 Å². The van der Waals surface area contributed by atoms with E-state index in [-0.39, 0.29) is 24.0 Å². The van der Waals surface area contributed by atoms with E-state index in [0.29, 0.717) is 35.8 Å². The first kappa shape index (κ1) is 27.4. The van der Waals surface area contributed by atoms with E-state index >= 15 is 0 Å². The van der Waals surface area contributed by atoms with Crippen LogP contribution in [-0.4, -0.2) is 74.3 Å². The van der Waals surface area contributed by atoms with Crippen LogP contribution >= 0.6 is 0 Å². The summed E-state index contributed by atoms with van der Waals surface area (Å²) in [6, 6.07) is 10.2. The molecule has 1 aliphatic rings. The van der Waals surface area contributed by atoms with Crippen LogP contribution in [0.1, 0.15) is 37.6 Å². The predicted octanol–water partition coefficient (Wildman–Crippen LogP) is 4.69. The van der Waals surface area contributed by atoms with Crippen molar-refractivity contribution in [1.82, 2.24) is 9.80 Å². The molecule has 196 valence electrons. The molecule has 1 aliphatic heterocycles. The Hall–Kier alpha value is -3.17. The summed E-state index contributed by atoms with van der Waals surface area (Å²) in [4.78, 5) is 29.8. The van der Waals surface area contributed by atoms with E-state index in [1.165, 1.54) is 18.2 Å². The van der Waals surface area contributed by atoms with Gasteiger partial charge in [-0.3, -0.25) is 9.69 Å². The minimum atomic E-state index is -0.531. The van der Waals surface area contributed by atoms with Gasteiger partial charge in [-0.1, -0.05) is 19.9 Å². The topological polar surface area (TPSA) is 83.1 Å². The summed E-state index contributed by atoms with van der Waals surface area (Å²) in [5.74, 6) is -0.0174. The Kier molecular flexibility index (Phi) is 9.66. The van der Waals surface area contributed by atoms with Crippen molar-refractivity contribution in [3.63, 3.8) is 0 Å². The Labute approximate surface area is 212 Å². The van der Waals surface area contributed by atoms with Gasteiger partial charge in [0.25, 0.3) is 5.91 Å². The van der Waals surface area contributed by atoms with Gasteiger partial charge in [-0.2, -0.15) is 0 Å². The summed E-state index contributed by atoms with van der Waals surface area (Å²) in [6.07, 6.45) is 0.903. The fourth-order valence-electron chi connectivity index (χ4n) is 4.38. The molecule has 0 aliphatic carbocycles. The molecule has 0 radical (unpaired) electrons. The van der Waals surface area contributed by atoms with E-state index in [1.807, 2.05) is 0 Å². The molecular weight excluding hydrogens is 463 g/mol. The molecule has 0 fully saturated rings. The molecule has 9 heteroatoms. The predicted molar refractivity (Wildman–Crippen MR) is 139 cm³/mol. The van der Waals surface area contributed by atoms with Crippen LogP contribution in [0.2, 0.25) is 0 Å². The summed E-state index contributed by atoms with van der Waals surface area (Å²) < 4.78 is 25.4. The Morgan fingerprint density at radius 3 is 2.53 bits per heavy atom. The minimum absolute atomic E-state index is 0.109. The number of hydrogen-bond donors (Lipinski definition) is 2. The lowest BCUT2D eigenvalue weighted by Crippen LogP contribution is -2.46. The van der Waals surface area contributed by atoms with Crippen molar-refractivity contribution < 1.29 is 23.5 Å². The minimum Gasteiger partial charge on any atom is -0.491 e. The normalized spacial score (nSPS) is 21.6. The number of rotatable bonds is 5. The lowest BCUT2D eigenvalue weighted by Gasteiger charge is -2.35. The van der Waals surface area contributed by atoms with Gasteiger partial charge < -0.3 is 25.0 Å². The van der Waals surface area contributed by atoms with Gasteiger partial charge in [0, 0.05) is 50.7 Å². The van der Waals surface area contributed by atoms with Crippen LogP contribution in [0, 0.1) is 11.7 Å². The van der Waals surface area contributed by atoms with Crippen molar-refractivity contribution >= 4 is 23.3 Å². The molecule has 2 aromatic carbocycles. The van der Waals surface area contributed by atoms with Gasteiger partial charge in [0.15, 0.2) is 0 Å². The molecule has 0 aromatic heterocycles. The molecule has 3 amide bonds. The largest absolute Gasteiger partial charge is 0.491 e. The standard InChI is InChI=1S/C27H37FN4O4/c1-6-12-32-15-18(2)25(35-5)16-31(4)26(33)23-11-10-22(14-24(23)36-17-19(32)3)30-27(34)29-21-9-7-8-20(28)13-21/h7-11,13-14,18-19,25H,6,12,15-17H2,1-5H3,(H2,29,30,34)/t18-,19-,25+/m0/s1. The second-order valence-electron chi connectivity index (χ2n) is 9.39. The van der Waals surface area contributed by atoms with Crippen LogP contribution in [-0.2, 0) is 4.74 Å². The highest BCUT2D eigenvalue weighted by Gasteiger charge is 2.28. The monoisotopic (exact) mass is 500 g/mol. The number of nitrogens with one attached hydrogen (secondary N) is 2. The molecule has 2 N–H and O–H groups in total. The zero-order valence-electron chi connectivity index (χ0n) is 21.7. The number of carbonyl (C=O) groups is 2. The lowest BCUT2D eigenvalue weighted by atomic mass is 10.0. The zero-order chi connectivity index (χ0) is 26.2. The maximum Gasteiger partial charge on any atom is 0.323 e. The molecule has 36 heavy (non-hydrogen) atoms. The number of methoxy groups -OCH3 is 1. The molecule has 0 unspecified atom stereocenters. The number of carbonyl (C=O) groups excluding carboxylic acids is 2. The van der Waals surface area contributed by atoms with Gasteiger partial charge in [0.2, 0.25) is 0 Å². The van der Waals surface area contributed by atoms with E-state index in [4.69, 9.17) is 9.47 Å². The quantitative estimate of drug-likeness (QED) is 0.623. The van der Waals surface area contributed by atoms with Crippen LogP contribution in [0.25, 0.3) is 0 Å². The SMILES string of the molecule is CCCN1C[C@H](C)[C@H](OC)CN(C)C(=O)c2ccc(NC(=O)Nc3cccc(F)c3)cc2OC[C@@H]1C. The number of urea groups is 1. The highest BCUT2D eigenvalue weighted by atomic mass is 19.1. The Morgan fingerprint density at radius 1 is 1.14 bits per heavy atom. The number of halogens is 1. The van der Waals surface area contributed by atoms with Crippen molar-refractivity contribution in [1.29, 1.82) is 0 Å². The number of ether oxygens (including phenoxy) is 2. The molecule has 0 bridgehead atoms. The average molecular weight is 501 g/mol. The summed E-state index contributed by atoms with van der Waals surface area (Å²) >= 11 is 0. The molecular formula is C27H37FN4O4. The molecule has 3 rings (SSSR count). The number of fused-ring (bicyclic) bond motifs is 1. The van der Waals surface area contributed by atoms with Crippen LogP contribution in [0.15, 0.2) is 42.5 Å². The van der Waals surface area contributed by atoms with Crippen LogP contribution in [0.5, 0.6) is 5.75 Å². The third kappa shape index (κ3) is 7.18. The summed E-state index contributed by atoms with van der Waals surface area (Å²) in [5, 5.41) is 5.33. The second kappa shape index (κ2) is 12.7. The van der Waals surface area contributed by atoms with Gasteiger partial charge in [-0.05, 0) is 56.1 Å². The third-order valence-corrected chi connectivity index (χ3v) is 6.43. The smallest absolute Gasteiger partial charge is 0.323 e. The van der Waals surface area contributed by atoms with Crippen molar-refractivity contribution in [3.05, 3.63) is 53.8 Å². The highest BCUT2D eigenvalue weighted by molar-refractivity contribution is 6.01. The van der Waals surface area contributed by atoms with Crippen molar-refractivity contribution in [2.75, 3.05) is 51.0 Å². The summed E-state index contributed by atoms with van der Waals surface area (Å²) in [5.41, 5.74) is 1.19. The molecule has 1 heterocycles. The first-order chi connectivity index (χ1) is 17.2. The third-order valence-electron chi connectivity index (χ3n) is 6.43. The van der Waals surface area contributed by atoms with Crippen molar-refractivity contribution in [3.8, 4) is 5.75 Å². The van der Waals surface area contributed by atoms with Gasteiger partial charge in [-0.25, -0.2) is 9.18 Å². The number of benzene rings is 2. The van der Waals surface area contributed by atoms with Gasteiger partial charge in [0.05, 0.1) is 11.7 Å². The fraction of sp³-hybridized carbons (Fsp3) is 0.481. The maximum atomic E-state index is 13.4. The number of nitrogens with zero attached hydrogens (tertiary/aromatic N) is 2. The average Bonchev–Trinajstić information content (AvgIpc) is 2.84. The fourth-order valence-corrected chi connectivity index (χ4v) is 4.38. The van der Waals surface area contributed by atoms with Crippen molar-refractivity contribution in [2.45, 2.75) is 39.3 Å². The summed E-state index contributed by atoms with van der Waals surface area (Å²) in [6.45, 7) is 8.99. The van der Waals surface area contributed by atoms with E-state index in [1.54, 1.807) is 43.3 Å². The van der Waals surface area contributed by atoms with Crippen LogP contribution in [0.4, 0.5) is 20.6 Å². The number of amides is 3. The van der Waals surface area contributed by atoms with Crippen molar-refractivity contribution in [2.24, 2.45) is 5.92 Å². The molecule has 3 atom stereocenters. The van der Waals surface area contributed by atoms with Gasteiger partial charge >= 0.3 is 6.03 Å². The Balaban J connectivity index is 1.85. The maximum absolute atomic E-state index is 13.4. The number of hydrogen-bond acceptors (Lipinski definition) is 5. The Bertz CT molecular complexity index is 1050. The van der Waals surface area contributed by atoms with Crippen LogP contribution < -0.4 is 15.4 Å². The lowest BCUT2D eigenvalue weighted by molar-refractivity contribution is 0.0108. The second-order valence-corrected chi connectivity index (χ2v) is 9.39. The molecule has 0 saturated heterocycles. The molecule has 0 spiro atoms. The summed E-state index contributed by atoms with van der Waals surface area (Å²) in [7, 11) is 3.43. The highest BCUT2D eigenvalue weighted by Crippen LogP contribution is 2.27. The molecule has 2 aromatic rings. The molecule has 8 nitrogen and oxygen atoms in total. The van der Waals surface area contributed by atoms with E-state index in [2.05, 4.69) is 36.3 Å². The number of likely N-dealkylation sites (N-methyl/N-ethyl adjacent to an activating group) is 1. The molecule has 0 saturated carbocycles. The van der Waals surface area contributed by atoms with E-state index in [9.17, 15) is 14.0 Å². The first-order valence-electron chi connectivity index (χ1n) is 12.3. The van der Waals surface area contributed by atoms with E-state index in [0.717, 1.165) is 19.5 Å². The first-order valence-corrected chi connectivity index (χ1v) is 12.3. The number of anilines is 2. The zero-order valence-corrected chi connectivity index (χ0v) is 21.7. The Morgan fingerprint density at radius 2 is 1.86 bits per heavy atom. The van der Waals surface area contributed by atoms with Crippen LogP contribution in [0.3, 0.4) is 0 Å². The van der Waals surface area contributed by atoms with E-state index < -0.39 is 11.8 Å². The van der Waals surface area contributed by atoms with Gasteiger partial charge in [-0.15, -0.1) is 0 Å².